The van der Waals surface area contributed by atoms with E-state index in [-0.39, 0.29) is 5.38 Å². The molecule has 1 atom stereocenters. The van der Waals surface area contributed by atoms with Crippen molar-refractivity contribution in [3.63, 3.8) is 0 Å². The number of hydrogen-bond acceptors (Lipinski definition) is 3. The lowest BCUT2D eigenvalue weighted by atomic mass is 10.00. The molecule has 0 heterocycles. The van der Waals surface area contributed by atoms with E-state index < -0.39 is 9.84 Å². The van der Waals surface area contributed by atoms with E-state index in [4.69, 9.17) is 16.3 Å². The number of sulfone groups is 1. The lowest BCUT2D eigenvalue weighted by molar-refractivity contribution is 0.414. The van der Waals surface area contributed by atoms with Crippen LogP contribution < -0.4 is 4.74 Å². The normalized spacial score (nSPS) is 13.0. The van der Waals surface area contributed by atoms with Gasteiger partial charge in [-0.2, -0.15) is 0 Å². The molecule has 0 spiro atoms. The standard InChI is InChI=1S/C16H17ClO3S/c1-11-10-13(20-2)6-9-15(11)16(17)12-4-7-14(8-5-12)21(3,18)19/h4-10,16H,1-3H3. The summed E-state index contributed by atoms with van der Waals surface area (Å²) in [5.74, 6) is 0.785. The summed E-state index contributed by atoms with van der Waals surface area (Å²) in [7, 11) is -1.57. The molecule has 0 fully saturated rings. The zero-order valence-electron chi connectivity index (χ0n) is 12.1. The van der Waals surface area contributed by atoms with Crippen molar-refractivity contribution >= 4 is 21.4 Å². The molecule has 0 amide bonds. The van der Waals surface area contributed by atoms with E-state index in [1.807, 2.05) is 25.1 Å². The van der Waals surface area contributed by atoms with Gasteiger partial charge in [-0.15, -0.1) is 11.6 Å². The molecule has 0 aromatic heterocycles. The lowest BCUT2D eigenvalue weighted by Crippen LogP contribution is -2.00. The maximum Gasteiger partial charge on any atom is 0.175 e. The monoisotopic (exact) mass is 324 g/mol. The molecule has 0 radical (unpaired) electrons. The lowest BCUT2D eigenvalue weighted by Gasteiger charge is -2.14. The molecular formula is C16H17ClO3S. The highest BCUT2D eigenvalue weighted by atomic mass is 35.5. The summed E-state index contributed by atoms with van der Waals surface area (Å²) in [5.41, 5.74) is 2.86. The number of methoxy groups -OCH3 is 1. The van der Waals surface area contributed by atoms with E-state index in [2.05, 4.69) is 0 Å². The zero-order chi connectivity index (χ0) is 15.6. The summed E-state index contributed by atoms with van der Waals surface area (Å²) in [6.07, 6.45) is 1.19. The average molecular weight is 325 g/mol. The fourth-order valence-corrected chi connectivity index (χ4v) is 3.14. The Hall–Kier alpha value is -1.52. The van der Waals surface area contributed by atoms with E-state index >= 15 is 0 Å². The molecule has 0 saturated heterocycles. The highest BCUT2D eigenvalue weighted by molar-refractivity contribution is 7.90. The summed E-state index contributed by atoms with van der Waals surface area (Å²) >= 11 is 6.51. The van der Waals surface area contributed by atoms with Gasteiger partial charge in [-0.05, 0) is 47.9 Å². The largest absolute Gasteiger partial charge is 0.497 e. The minimum atomic E-state index is -3.19. The van der Waals surface area contributed by atoms with Crippen molar-refractivity contribution < 1.29 is 13.2 Å². The van der Waals surface area contributed by atoms with Gasteiger partial charge in [0.2, 0.25) is 0 Å². The molecule has 0 aliphatic carbocycles. The van der Waals surface area contributed by atoms with Crippen molar-refractivity contribution in [2.24, 2.45) is 0 Å². The molecule has 0 saturated carbocycles. The number of ether oxygens (including phenoxy) is 1. The molecule has 2 aromatic carbocycles. The van der Waals surface area contributed by atoms with Gasteiger partial charge < -0.3 is 4.74 Å². The second-order valence-corrected chi connectivity index (χ2v) is 7.38. The van der Waals surface area contributed by atoms with Crippen molar-refractivity contribution in [1.82, 2.24) is 0 Å². The third-order valence-electron chi connectivity index (χ3n) is 3.35. The van der Waals surface area contributed by atoms with Gasteiger partial charge in [-0.1, -0.05) is 18.2 Å². The van der Waals surface area contributed by atoms with Crippen LogP contribution >= 0.6 is 11.6 Å². The molecule has 0 bridgehead atoms. The Bertz CT molecular complexity index is 737. The molecule has 5 heteroatoms. The van der Waals surface area contributed by atoms with Crippen molar-refractivity contribution in [2.75, 3.05) is 13.4 Å². The molecule has 1 unspecified atom stereocenters. The third kappa shape index (κ3) is 3.57. The third-order valence-corrected chi connectivity index (χ3v) is 4.97. The second kappa shape index (κ2) is 6.08. The summed E-state index contributed by atoms with van der Waals surface area (Å²) < 4.78 is 28.1. The van der Waals surface area contributed by atoms with E-state index in [1.54, 1.807) is 31.4 Å². The zero-order valence-corrected chi connectivity index (χ0v) is 13.7. The molecule has 0 N–H and O–H groups in total. The van der Waals surface area contributed by atoms with E-state index in [0.717, 1.165) is 22.4 Å². The van der Waals surface area contributed by atoms with Crippen molar-refractivity contribution in [1.29, 1.82) is 0 Å². The van der Waals surface area contributed by atoms with Crippen LogP contribution in [-0.4, -0.2) is 21.8 Å². The second-order valence-electron chi connectivity index (χ2n) is 4.93. The maximum atomic E-state index is 11.5. The summed E-state index contributed by atoms with van der Waals surface area (Å²) in [4.78, 5) is 0.293. The Labute approximate surface area is 130 Å². The van der Waals surface area contributed by atoms with E-state index in [1.165, 1.54) is 6.26 Å². The SMILES string of the molecule is COc1ccc(C(Cl)c2ccc(S(C)(=O)=O)cc2)c(C)c1. The molecule has 112 valence electrons. The first-order chi connectivity index (χ1) is 9.82. The smallest absolute Gasteiger partial charge is 0.175 e. The molecule has 2 aromatic rings. The minimum Gasteiger partial charge on any atom is -0.497 e. The van der Waals surface area contributed by atoms with Gasteiger partial charge >= 0.3 is 0 Å². The molecule has 21 heavy (non-hydrogen) atoms. The maximum absolute atomic E-state index is 11.5. The minimum absolute atomic E-state index is 0.293. The molecular weight excluding hydrogens is 308 g/mol. The fourth-order valence-electron chi connectivity index (χ4n) is 2.12. The van der Waals surface area contributed by atoms with Crippen LogP contribution in [0.25, 0.3) is 0 Å². The number of halogens is 1. The molecule has 3 nitrogen and oxygen atoms in total. The summed E-state index contributed by atoms with van der Waals surface area (Å²) in [6, 6.07) is 12.4. The Morgan fingerprint density at radius 1 is 1.10 bits per heavy atom. The summed E-state index contributed by atoms with van der Waals surface area (Å²) in [6.45, 7) is 1.97. The Kier molecular flexibility index (Phi) is 4.59. The number of aryl methyl sites for hydroxylation is 1. The van der Waals surface area contributed by atoms with Gasteiger partial charge in [-0.25, -0.2) is 8.42 Å². The fraction of sp³-hybridized carbons (Fsp3) is 0.250. The van der Waals surface area contributed by atoms with E-state index in [0.29, 0.717) is 4.90 Å². The van der Waals surface area contributed by atoms with Crippen molar-refractivity contribution in [2.45, 2.75) is 17.2 Å². The van der Waals surface area contributed by atoms with Crippen LogP contribution in [0.4, 0.5) is 0 Å². The van der Waals surface area contributed by atoms with Gasteiger partial charge in [0, 0.05) is 6.26 Å². The Balaban J connectivity index is 2.34. The van der Waals surface area contributed by atoms with Gasteiger partial charge in [0.15, 0.2) is 9.84 Å². The number of hydrogen-bond donors (Lipinski definition) is 0. The predicted molar refractivity (Wildman–Crippen MR) is 85.0 cm³/mol. The average Bonchev–Trinajstić information content (AvgIpc) is 2.45. The van der Waals surface area contributed by atoms with Crippen LogP contribution in [0.2, 0.25) is 0 Å². The Morgan fingerprint density at radius 3 is 2.19 bits per heavy atom. The van der Waals surface area contributed by atoms with Crippen LogP contribution in [0.3, 0.4) is 0 Å². The van der Waals surface area contributed by atoms with Crippen LogP contribution in [0.15, 0.2) is 47.4 Å². The van der Waals surface area contributed by atoms with Gasteiger partial charge in [0.1, 0.15) is 5.75 Å². The molecule has 2 rings (SSSR count). The first-order valence-corrected chi connectivity index (χ1v) is 8.74. The van der Waals surface area contributed by atoms with Crippen LogP contribution in [0.1, 0.15) is 22.1 Å². The van der Waals surface area contributed by atoms with Crippen LogP contribution in [-0.2, 0) is 9.84 Å². The highest BCUT2D eigenvalue weighted by Crippen LogP contribution is 2.33. The predicted octanol–water partition coefficient (Wildman–Crippen LogP) is 3.74. The highest BCUT2D eigenvalue weighted by Gasteiger charge is 2.15. The topological polar surface area (TPSA) is 43.4 Å². The van der Waals surface area contributed by atoms with E-state index in [9.17, 15) is 8.42 Å². The number of rotatable bonds is 4. The van der Waals surface area contributed by atoms with Gasteiger partial charge in [-0.3, -0.25) is 0 Å². The van der Waals surface area contributed by atoms with Crippen molar-refractivity contribution in [3.05, 3.63) is 59.2 Å². The number of alkyl halides is 1. The molecule has 0 aliphatic rings. The Morgan fingerprint density at radius 2 is 1.71 bits per heavy atom. The van der Waals surface area contributed by atoms with Crippen LogP contribution in [0.5, 0.6) is 5.75 Å². The quantitative estimate of drug-likeness (QED) is 0.805. The van der Waals surface area contributed by atoms with Crippen molar-refractivity contribution in [3.8, 4) is 5.75 Å². The van der Waals surface area contributed by atoms with Crippen LogP contribution in [0, 0.1) is 6.92 Å². The molecule has 0 aliphatic heterocycles. The van der Waals surface area contributed by atoms with Gasteiger partial charge in [0.05, 0.1) is 17.4 Å². The van der Waals surface area contributed by atoms with Gasteiger partial charge in [0.25, 0.3) is 0 Å². The first-order valence-electron chi connectivity index (χ1n) is 6.41. The number of benzene rings is 2. The first kappa shape index (κ1) is 15.9. The summed E-state index contributed by atoms with van der Waals surface area (Å²) in [5, 5.41) is -0.329.